The largest absolute Gasteiger partial charge is 0.461 e. The normalized spacial score (nSPS) is 34.2. The molecule has 1 saturated carbocycles. The van der Waals surface area contributed by atoms with Crippen LogP contribution in [0.3, 0.4) is 0 Å². The number of hydrogen-bond acceptors (Lipinski definition) is 4. The Bertz CT molecular complexity index is 254. The van der Waals surface area contributed by atoms with E-state index in [1.165, 1.54) is 13.8 Å². The number of alkyl halides is 2. The first-order valence-corrected chi connectivity index (χ1v) is 6.87. The van der Waals surface area contributed by atoms with Gasteiger partial charge in [0.1, 0.15) is 12.2 Å². The van der Waals surface area contributed by atoms with Crippen LogP contribution in [0.5, 0.6) is 0 Å². The molecule has 4 atom stereocenters. The van der Waals surface area contributed by atoms with Gasteiger partial charge in [-0.05, 0) is 12.8 Å². The fourth-order valence-electron chi connectivity index (χ4n) is 1.73. The molecule has 0 radical (unpaired) electrons. The van der Waals surface area contributed by atoms with Gasteiger partial charge in [0.25, 0.3) is 0 Å². The smallest absolute Gasteiger partial charge is 0.302 e. The van der Waals surface area contributed by atoms with Crippen molar-refractivity contribution in [1.29, 1.82) is 0 Å². The fourth-order valence-corrected chi connectivity index (χ4v) is 3.16. The zero-order valence-electron chi connectivity index (χ0n) is 9.11. The molecule has 0 unspecified atom stereocenters. The van der Waals surface area contributed by atoms with Crippen LogP contribution in [0, 0.1) is 0 Å². The second-order valence-electron chi connectivity index (χ2n) is 3.76. The van der Waals surface area contributed by atoms with Gasteiger partial charge in [-0.3, -0.25) is 9.59 Å². The molecule has 0 heterocycles. The number of ether oxygens (including phenoxy) is 2. The molecule has 16 heavy (non-hydrogen) atoms. The third kappa shape index (κ3) is 3.73. The van der Waals surface area contributed by atoms with Crippen LogP contribution in [-0.4, -0.2) is 33.8 Å². The van der Waals surface area contributed by atoms with Crippen molar-refractivity contribution in [3.8, 4) is 0 Å². The van der Waals surface area contributed by atoms with E-state index in [1.807, 2.05) is 0 Å². The lowest BCUT2D eigenvalue weighted by molar-refractivity contribution is -0.154. The van der Waals surface area contributed by atoms with Crippen LogP contribution < -0.4 is 0 Å². The summed E-state index contributed by atoms with van der Waals surface area (Å²) in [5.74, 6) is -0.583. The van der Waals surface area contributed by atoms with Crippen molar-refractivity contribution >= 4 is 43.8 Å². The van der Waals surface area contributed by atoms with E-state index in [-0.39, 0.29) is 33.8 Å². The maximum Gasteiger partial charge on any atom is 0.302 e. The highest BCUT2D eigenvalue weighted by Gasteiger charge is 2.39. The van der Waals surface area contributed by atoms with Gasteiger partial charge in [0.2, 0.25) is 0 Å². The van der Waals surface area contributed by atoms with Gasteiger partial charge < -0.3 is 9.47 Å². The molecular formula is C10H14Br2O4. The minimum absolute atomic E-state index is 0.0468. The first-order valence-electron chi connectivity index (χ1n) is 5.04. The van der Waals surface area contributed by atoms with Gasteiger partial charge in [-0.2, -0.15) is 0 Å². The van der Waals surface area contributed by atoms with Crippen molar-refractivity contribution in [3.05, 3.63) is 0 Å². The molecule has 1 aliphatic carbocycles. The Balaban J connectivity index is 2.57. The molecule has 0 amide bonds. The molecule has 0 aromatic heterocycles. The Morgan fingerprint density at radius 3 is 1.50 bits per heavy atom. The summed E-state index contributed by atoms with van der Waals surface area (Å²) in [7, 11) is 0. The number of carbonyl (C=O) groups is 2. The van der Waals surface area contributed by atoms with Crippen LogP contribution in [0.15, 0.2) is 0 Å². The maximum absolute atomic E-state index is 10.9. The number of esters is 2. The summed E-state index contributed by atoms with van der Waals surface area (Å²) in [6, 6.07) is 0. The fraction of sp³-hybridized carbons (Fsp3) is 0.800. The SMILES string of the molecule is CC(=O)O[C@H]1CC[C@@H](OC(C)=O)[C@@H](Br)[C@@H]1Br. The molecule has 0 saturated heterocycles. The average molecular weight is 358 g/mol. The summed E-state index contributed by atoms with van der Waals surface area (Å²) in [5.41, 5.74) is 0. The minimum atomic E-state index is -0.292. The van der Waals surface area contributed by atoms with Crippen LogP contribution >= 0.6 is 31.9 Å². The predicted octanol–water partition coefficient (Wildman–Crippen LogP) is 2.17. The molecule has 0 N–H and O–H groups in total. The summed E-state index contributed by atoms with van der Waals surface area (Å²) < 4.78 is 10.3. The van der Waals surface area contributed by atoms with Crippen molar-refractivity contribution in [1.82, 2.24) is 0 Å². The van der Waals surface area contributed by atoms with Gasteiger partial charge in [0.05, 0.1) is 9.65 Å². The summed E-state index contributed by atoms with van der Waals surface area (Å²) in [5, 5.41) is 0. The lowest BCUT2D eigenvalue weighted by Crippen LogP contribution is -2.45. The standard InChI is InChI=1S/C10H14Br2O4/c1-5(13)15-7-3-4-8(16-6(2)14)10(12)9(7)11/h7-10H,3-4H2,1-2H3/t7-,8+,9-,10-/m1/s1. The molecule has 0 bridgehead atoms. The molecule has 4 nitrogen and oxygen atoms in total. The van der Waals surface area contributed by atoms with Gasteiger partial charge in [-0.25, -0.2) is 0 Å². The molecule has 1 rings (SSSR count). The van der Waals surface area contributed by atoms with Crippen LogP contribution in [0.4, 0.5) is 0 Å². The second-order valence-corrected chi connectivity index (χ2v) is 5.88. The summed E-state index contributed by atoms with van der Waals surface area (Å²) in [6.45, 7) is 2.78. The summed E-state index contributed by atoms with van der Waals surface area (Å²) in [6.07, 6.45) is 1.04. The van der Waals surface area contributed by atoms with E-state index in [2.05, 4.69) is 31.9 Å². The molecule has 0 aliphatic heterocycles. The molecule has 92 valence electrons. The molecule has 1 aliphatic rings. The first-order chi connectivity index (χ1) is 7.41. The highest BCUT2D eigenvalue weighted by Crippen LogP contribution is 2.34. The van der Waals surface area contributed by atoms with Gasteiger partial charge in [0.15, 0.2) is 0 Å². The summed E-state index contributed by atoms with van der Waals surface area (Å²) in [4.78, 5) is 21.7. The lowest BCUT2D eigenvalue weighted by atomic mass is 9.94. The van der Waals surface area contributed by atoms with Gasteiger partial charge in [0, 0.05) is 13.8 Å². The lowest BCUT2D eigenvalue weighted by Gasteiger charge is -2.36. The Hall–Kier alpha value is -0.100. The molecule has 0 spiro atoms. The highest BCUT2D eigenvalue weighted by atomic mass is 79.9. The third-order valence-electron chi connectivity index (χ3n) is 2.38. The van der Waals surface area contributed by atoms with Gasteiger partial charge in [-0.15, -0.1) is 0 Å². The van der Waals surface area contributed by atoms with Crippen molar-refractivity contribution < 1.29 is 19.1 Å². The van der Waals surface area contributed by atoms with Crippen molar-refractivity contribution in [2.75, 3.05) is 0 Å². The Morgan fingerprint density at radius 1 is 0.938 bits per heavy atom. The van der Waals surface area contributed by atoms with Crippen LogP contribution in [0.1, 0.15) is 26.7 Å². The number of hydrogen-bond donors (Lipinski definition) is 0. The average Bonchev–Trinajstić information content (AvgIpc) is 2.16. The highest BCUT2D eigenvalue weighted by molar-refractivity contribution is 9.12. The van der Waals surface area contributed by atoms with Crippen molar-refractivity contribution in [2.45, 2.75) is 48.6 Å². The quantitative estimate of drug-likeness (QED) is 0.561. The molecule has 0 aromatic carbocycles. The zero-order valence-corrected chi connectivity index (χ0v) is 12.3. The van der Waals surface area contributed by atoms with Crippen LogP contribution in [0.2, 0.25) is 0 Å². The number of carbonyl (C=O) groups excluding carboxylic acids is 2. The van der Waals surface area contributed by atoms with Gasteiger partial charge >= 0.3 is 11.9 Å². The van der Waals surface area contributed by atoms with E-state index in [4.69, 9.17) is 9.47 Å². The Morgan fingerprint density at radius 2 is 1.25 bits per heavy atom. The van der Waals surface area contributed by atoms with E-state index in [0.717, 1.165) is 0 Å². The molecule has 0 aromatic rings. The molecule has 6 heteroatoms. The Kier molecular flexibility index (Phi) is 5.24. The monoisotopic (exact) mass is 356 g/mol. The molecule has 1 fully saturated rings. The number of rotatable bonds is 2. The van der Waals surface area contributed by atoms with E-state index < -0.39 is 0 Å². The van der Waals surface area contributed by atoms with Crippen LogP contribution in [-0.2, 0) is 19.1 Å². The summed E-state index contributed by atoms with van der Waals surface area (Å²) >= 11 is 6.93. The second kappa shape index (κ2) is 6.00. The maximum atomic E-state index is 10.9. The topological polar surface area (TPSA) is 52.6 Å². The minimum Gasteiger partial charge on any atom is -0.461 e. The van der Waals surface area contributed by atoms with Crippen LogP contribution in [0.25, 0.3) is 0 Å². The van der Waals surface area contributed by atoms with E-state index in [9.17, 15) is 9.59 Å². The third-order valence-corrected chi connectivity index (χ3v) is 5.41. The Labute approximate surface area is 111 Å². The number of halogens is 2. The van der Waals surface area contributed by atoms with E-state index in [0.29, 0.717) is 12.8 Å². The molecular weight excluding hydrogens is 344 g/mol. The first kappa shape index (κ1) is 14.0. The zero-order chi connectivity index (χ0) is 12.3. The van der Waals surface area contributed by atoms with E-state index >= 15 is 0 Å². The predicted molar refractivity (Wildman–Crippen MR) is 65.8 cm³/mol. The van der Waals surface area contributed by atoms with Gasteiger partial charge in [-0.1, -0.05) is 31.9 Å². The van der Waals surface area contributed by atoms with Crippen molar-refractivity contribution in [2.24, 2.45) is 0 Å². The van der Waals surface area contributed by atoms with Crippen molar-refractivity contribution in [3.63, 3.8) is 0 Å². The van der Waals surface area contributed by atoms with E-state index in [1.54, 1.807) is 0 Å².